The number of hydrogen-bond donors (Lipinski definition) is 1. The van der Waals surface area contributed by atoms with E-state index in [-0.39, 0.29) is 5.91 Å². The Balaban J connectivity index is 2.15. The van der Waals surface area contributed by atoms with Crippen molar-refractivity contribution in [2.45, 2.75) is 13.5 Å². The van der Waals surface area contributed by atoms with E-state index in [0.29, 0.717) is 23.6 Å². The van der Waals surface area contributed by atoms with Gasteiger partial charge in [-0.25, -0.2) is 0 Å². The first-order valence-electron chi connectivity index (χ1n) is 7.23. The third kappa shape index (κ3) is 3.74. The minimum atomic E-state index is -0.243. The highest BCUT2D eigenvalue weighted by molar-refractivity contribution is 5.99. The molecule has 2 aromatic rings. The van der Waals surface area contributed by atoms with E-state index in [0.717, 1.165) is 16.9 Å². The number of amides is 1. The first kappa shape index (κ1) is 16.7. The number of ether oxygens (including phenoxy) is 3. The Kier molecular flexibility index (Phi) is 5.46. The van der Waals surface area contributed by atoms with Gasteiger partial charge in [-0.3, -0.25) is 4.79 Å². The standard InChI is InChI=1S/C18H21NO4/c1-12-10-13(8-9-14(12)21-2)11-19-18(20)17-15(22-3)6-5-7-16(17)23-4/h5-10H,11H2,1-4H3,(H,19,20). The summed E-state index contributed by atoms with van der Waals surface area (Å²) in [7, 11) is 4.69. The second-order valence-corrected chi connectivity index (χ2v) is 5.02. The van der Waals surface area contributed by atoms with Gasteiger partial charge in [-0.1, -0.05) is 18.2 Å². The van der Waals surface area contributed by atoms with E-state index in [1.165, 1.54) is 14.2 Å². The average Bonchev–Trinajstić information content (AvgIpc) is 2.58. The molecule has 0 bridgehead atoms. The van der Waals surface area contributed by atoms with Crippen LogP contribution in [0.25, 0.3) is 0 Å². The Morgan fingerprint density at radius 3 is 2.09 bits per heavy atom. The average molecular weight is 315 g/mol. The van der Waals surface area contributed by atoms with Crippen LogP contribution in [0.3, 0.4) is 0 Å². The molecule has 5 nitrogen and oxygen atoms in total. The van der Waals surface area contributed by atoms with E-state index in [1.807, 2.05) is 25.1 Å². The minimum Gasteiger partial charge on any atom is -0.496 e. The summed E-state index contributed by atoms with van der Waals surface area (Å²) in [4.78, 5) is 12.5. The Hall–Kier alpha value is -2.69. The lowest BCUT2D eigenvalue weighted by molar-refractivity contribution is 0.0944. The summed E-state index contributed by atoms with van der Waals surface area (Å²) in [6.07, 6.45) is 0. The predicted molar refractivity (Wildman–Crippen MR) is 88.4 cm³/mol. The highest BCUT2D eigenvalue weighted by Crippen LogP contribution is 2.28. The molecule has 0 spiro atoms. The van der Waals surface area contributed by atoms with Crippen LogP contribution in [-0.4, -0.2) is 27.2 Å². The molecule has 0 radical (unpaired) electrons. The SMILES string of the molecule is COc1ccc(CNC(=O)c2c(OC)cccc2OC)cc1C. The van der Waals surface area contributed by atoms with E-state index in [9.17, 15) is 4.79 Å². The molecule has 23 heavy (non-hydrogen) atoms. The molecule has 0 aliphatic carbocycles. The maximum atomic E-state index is 12.5. The molecular formula is C18H21NO4. The van der Waals surface area contributed by atoms with Gasteiger partial charge in [0.05, 0.1) is 21.3 Å². The number of carbonyl (C=O) groups is 1. The van der Waals surface area contributed by atoms with Crippen molar-refractivity contribution in [3.8, 4) is 17.2 Å². The molecule has 0 unspecified atom stereocenters. The molecule has 2 rings (SSSR count). The fraction of sp³-hybridized carbons (Fsp3) is 0.278. The fourth-order valence-electron chi connectivity index (χ4n) is 2.40. The molecular weight excluding hydrogens is 294 g/mol. The Morgan fingerprint density at radius 2 is 1.57 bits per heavy atom. The number of carbonyl (C=O) groups excluding carboxylic acids is 1. The lowest BCUT2D eigenvalue weighted by Crippen LogP contribution is -2.24. The zero-order valence-corrected chi connectivity index (χ0v) is 13.8. The van der Waals surface area contributed by atoms with Crippen LogP contribution in [0.1, 0.15) is 21.5 Å². The van der Waals surface area contributed by atoms with Gasteiger partial charge in [-0.15, -0.1) is 0 Å². The first-order chi connectivity index (χ1) is 11.1. The highest BCUT2D eigenvalue weighted by atomic mass is 16.5. The van der Waals surface area contributed by atoms with E-state index < -0.39 is 0 Å². The molecule has 2 aromatic carbocycles. The van der Waals surface area contributed by atoms with E-state index >= 15 is 0 Å². The van der Waals surface area contributed by atoms with Crippen molar-refractivity contribution < 1.29 is 19.0 Å². The first-order valence-corrected chi connectivity index (χ1v) is 7.23. The summed E-state index contributed by atoms with van der Waals surface area (Å²) in [6.45, 7) is 2.37. The summed E-state index contributed by atoms with van der Waals surface area (Å²) in [5.74, 6) is 1.54. The van der Waals surface area contributed by atoms with Crippen molar-refractivity contribution in [2.75, 3.05) is 21.3 Å². The highest BCUT2D eigenvalue weighted by Gasteiger charge is 2.17. The van der Waals surface area contributed by atoms with Gasteiger partial charge in [0.25, 0.3) is 5.91 Å². The Morgan fingerprint density at radius 1 is 0.957 bits per heavy atom. The summed E-state index contributed by atoms with van der Waals surface area (Å²) in [5, 5.41) is 2.89. The lowest BCUT2D eigenvalue weighted by atomic mass is 10.1. The summed E-state index contributed by atoms with van der Waals surface area (Å²) in [6, 6.07) is 11.0. The van der Waals surface area contributed by atoms with Crippen molar-refractivity contribution in [2.24, 2.45) is 0 Å². The number of methoxy groups -OCH3 is 3. The van der Waals surface area contributed by atoms with Crippen LogP contribution in [0, 0.1) is 6.92 Å². The number of benzene rings is 2. The van der Waals surface area contributed by atoms with Gasteiger partial charge in [0.2, 0.25) is 0 Å². The third-order valence-electron chi connectivity index (χ3n) is 3.57. The summed E-state index contributed by atoms with van der Waals surface area (Å²) < 4.78 is 15.7. The van der Waals surface area contributed by atoms with E-state index in [1.54, 1.807) is 25.3 Å². The second kappa shape index (κ2) is 7.54. The van der Waals surface area contributed by atoms with Gasteiger partial charge >= 0.3 is 0 Å². The van der Waals surface area contributed by atoms with E-state index in [4.69, 9.17) is 14.2 Å². The molecule has 122 valence electrons. The molecule has 5 heteroatoms. The molecule has 0 fully saturated rings. The number of hydrogen-bond acceptors (Lipinski definition) is 4. The van der Waals surface area contributed by atoms with Crippen LogP contribution in [0.5, 0.6) is 17.2 Å². The number of nitrogens with one attached hydrogen (secondary N) is 1. The van der Waals surface area contributed by atoms with Crippen LogP contribution in [0.4, 0.5) is 0 Å². The Labute approximate surface area is 136 Å². The normalized spacial score (nSPS) is 10.1. The predicted octanol–water partition coefficient (Wildman–Crippen LogP) is 2.95. The monoisotopic (exact) mass is 315 g/mol. The third-order valence-corrected chi connectivity index (χ3v) is 3.57. The van der Waals surface area contributed by atoms with Gasteiger partial charge in [0.1, 0.15) is 22.8 Å². The second-order valence-electron chi connectivity index (χ2n) is 5.02. The maximum absolute atomic E-state index is 12.5. The smallest absolute Gasteiger partial charge is 0.259 e. The number of aryl methyl sites for hydroxylation is 1. The molecule has 1 amide bonds. The van der Waals surface area contributed by atoms with Crippen LogP contribution in [-0.2, 0) is 6.54 Å². The summed E-state index contributed by atoms with van der Waals surface area (Å²) in [5.41, 5.74) is 2.40. The molecule has 0 saturated heterocycles. The molecule has 0 aliphatic rings. The zero-order valence-electron chi connectivity index (χ0n) is 13.8. The Bertz CT molecular complexity index is 675. The van der Waals surface area contributed by atoms with Crippen LogP contribution >= 0.6 is 0 Å². The quantitative estimate of drug-likeness (QED) is 0.890. The lowest BCUT2D eigenvalue weighted by Gasteiger charge is -2.13. The zero-order chi connectivity index (χ0) is 16.8. The molecule has 0 saturated carbocycles. The fourth-order valence-corrected chi connectivity index (χ4v) is 2.40. The molecule has 0 heterocycles. The van der Waals surface area contributed by atoms with Gasteiger partial charge in [0.15, 0.2) is 0 Å². The molecule has 1 N–H and O–H groups in total. The topological polar surface area (TPSA) is 56.8 Å². The van der Waals surface area contributed by atoms with Crippen LogP contribution in [0.2, 0.25) is 0 Å². The molecule has 0 atom stereocenters. The van der Waals surface area contributed by atoms with E-state index in [2.05, 4.69) is 5.32 Å². The van der Waals surface area contributed by atoms with Crippen LogP contribution < -0.4 is 19.5 Å². The van der Waals surface area contributed by atoms with Gasteiger partial charge in [-0.05, 0) is 36.2 Å². The van der Waals surface area contributed by atoms with Gasteiger partial charge < -0.3 is 19.5 Å². The van der Waals surface area contributed by atoms with Crippen molar-refractivity contribution in [3.05, 3.63) is 53.1 Å². The van der Waals surface area contributed by atoms with Crippen LogP contribution in [0.15, 0.2) is 36.4 Å². The van der Waals surface area contributed by atoms with Gasteiger partial charge in [-0.2, -0.15) is 0 Å². The largest absolute Gasteiger partial charge is 0.496 e. The molecule has 0 aliphatic heterocycles. The van der Waals surface area contributed by atoms with Crippen molar-refractivity contribution in [3.63, 3.8) is 0 Å². The maximum Gasteiger partial charge on any atom is 0.259 e. The summed E-state index contributed by atoms with van der Waals surface area (Å²) >= 11 is 0. The van der Waals surface area contributed by atoms with Crippen molar-refractivity contribution in [1.82, 2.24) is 5.32 Å². The van der Waals surface area contributed by atoms with Gasteiger partial charge in [0, 0.05) is 6.54 Å². The van der Waals surface area contributed by atoms with Crippen molar-refractivity contribution in [1.29, 1.82) is 0 Å². The minimum absolute atomic E-state index is 0.243. The number of rotatable bonds is 6. The molecule has 0 aromatic heterocycles. The van der Waals surface area contributed by atoms with Crippen molar-refractivity contribution >= 4 is 5.91 Å².